The molecule has 0 amide bonds. The summed E-state index contributed by atoms with van der Waals surface area (Å²) in [5.41, 5.74) is 0. The molecule has 0 N–H and O–H groups in total. The molecule has 0 saturated heterocycles. The van der Waals surface area contributed by atoms with Crippen molar-refractivity contribution in [3.8, 4) is 5.75 Å². The highest BCUT2D eigenvalue weighted by Crippen LogP contribution is 2.07. The van der Waals surface area contributed by atoms with Crippen molar-refractivity contribution >= 4 is 10.7 Å². The molecule has 0 fully saturated rings. The minimum Gasteiger partial charge on any atom is -0.494 e. The Morgan fingerprint density at radius 2 is 1.85 bits per heavy atom. The summed E-state index contributed by atoms with van der Waals surface area (Å²) in [5, 5.41) is 0. The van der Waals surface area contributed by atoms with Crippen LogP contribution in [0.4, 0.5) is 0 Å². The van der Waals surface area contributed by atoms with E-state index in [0.29, 0.717) is 13.0 Å². The molecule has 0 aliphatic rings. The van der Waals surface area contributed by atoms with Crippen LogP contribution in [0.2, 0.25) is 0 Å². The zero-order valence-corrected chi connectivity index (χ0v) is 8.07. The SMILES string of the molecule is O=[SH](=O)CCCOc1ccccc1. The van der Waals surface area contributed by atoms with Crippen LogP contribution in [0.3, 0.4) is 0 Å². The number of benzene rings is 1. The molecule has 72 valence electrons. The van der Waals surface area contributed by atoms with Crippen LogP contribution in [0.1, 0.15) is 6.42 Å². The van der Waals surface area contributed by atoms with Crippen molar-refractivity contribution in [2.45, 2.75) is 6.42 Å². The normalized spacial score (nSPS) is 10.2. The molecular weight excluding hydrogens is 188 g/mol. The van der Waals surface area contributed by atoms with Gasteiger partial charge in [-0.2, -0.15) is 0 Å². The first-order valence-electron chi connectivity index (χ1n) is 4.08. The Balaban J connectivity index is 2.20. The molecule has 3 nitrogen and oxygen atoms in total. The van der Waals surface area contributed by atoms with E-state index in [1.165, 1.54) is 0 Å². The van der Waals surface area contributed by atoms with Gasteiger partial charge in [0.2, 0.25) is 0 Å². The fraction of sp³-hybridized carbons (Fsp3) is 0.333. The Bertz CT molecular complexity index is 298. The minimum atomic E-state index is -2.26. The summed E-state index contributed by atoms with van der Waals surface area (Å²) < 4.78 is 25.7. The quantitative estimate of drug-likeness (QED) is 0.571. The Labute approximate surface area is 79.3 Å². The van der Waals surface area contributed by atoms with Gasteiger partial charge in [0.05, 0.1) is 12.4 Å². The van der Waals surface area contributed by atoms with Gasteiger partial charge in [0, 0.05) is 0 Å². The number of rotatable bonds is 5. The third-order valence-corrected chi connectivity index (χ3v) is 2.18. The Morgan fingerprint density at radius 1 is 1.15 bits per heavy atom. The second-order valence-electron chi connectivity index (χ2n) is 2.57. The van der Waals surface area contributed by atoms with Crippen molar-refractivity contribution in [2.24, 2.45) is 0 Å². The second kappa shape index (κ2) is 5.59. The van der Waals surface area contributed by atoms with Gasteiger partial charge < -0.3 is 4.74 Å². The zero-order valence-electron chi connectivity index (χ0n) is 7.18. The average molecular weight is 200 g/mol. The van der Waals surface area contributed by atoms with Crippen molar-refractivity contribution in [3.63, 3.8) is 0 Å². The van der Waals surface area contributed by atoms with Crippen molar-refractivity contribution < 1.29 is 13.2 Å². The van der Waals surface area contributed by atoms with Crippen LogP contribution in [0.5, 0.6) is 5.75 Å². The van der Waals surface area contributed by atoms with Crippen molar-refractivity contribution in [1.82, 2.24) is 0 Å². The van der Waals surface area contributed by atoms with E-state index in [1.807, 2.05) is 30.3 Å². The molecule has 0 heterocycles. The van der Waals surface area contributed by atoms with E-state index in [-0.39, 0.29) is 5.75 Å². The van der Waals surface area contributed by atoms with Gasteiger partial charge in [-0.15, -0.1) is 0 Å². The lowest BCUT2D eigenvalue weighted by molar-refractivity contribution is 0.318. The lowest BCUT2D eigenvalue weighted by atomic mass is 10.3. The van der Waals surface area contributed by atoms with Gasteiger partial charge in [-0.25, -0.2) is 8.42 Å². The van der Waals surface area contributed by atoms with Crippen molar-refractivity contribution in [3.05, 3.63) is 30.3 Å². The third kappa shape index (κ3) is 4.52. The van der Waals surface area contributed by atoms with Gasteiger partial charge in [0.25, 0.3) is 0 Å². The Morgan fingerprint density at radius 3 is 2.46 bits per heavy atom. The smallest absolute Gasteiger partial charge is 0.140 e. The van der Waals surface area contributed by atoms with E-state index in [9.17, 15) is 8.42 Å². The summed E-state index contributed by atoms with van der Waals surface area (Å²) in [6.07, 6.45) is 0.549. The zero-order chi connectivity index (χ0) is 9.52. The fourth-order valence-electron chi connectivity index (χ4n) is 0.900. The highest BCUT2D eigenvalue weighted by molar-refractivity contribution is 7.72. The third-order valence-electron chi connectivity index (χ3n) is 1.50. The Hall–Kier alpha value is -1.03. The van der Waals surface area contributed by atoms with Crippen LogP contribution in [0.15, 0.2) is 30.3 Å². The largest absolute Gasteiger partial charge is 0.494 e. The van der Waals surface area contributed by atoms with E-state index in [2.05, 4.69) is 0 Å². The molecule has 4 heteroatoms. The molecule has 0 aliphatic carbocycles. The Kier molecular flexibility index (Phi) is 4.32. The molecule has 0 radical (unpaired) electrons. The number of para-hydroxylation sites is 1. The summed E-state index contributed by atoms with van der Waals surface area (Å²) in [6, 6.07) is 9.35. The van der Waals surface area contributed by atoms with Gasteiger partial charge in [-0.1, -0.05) is 18.2 Å². The lowest BCUT2D eigenvalue weighted by Gasteiger charge is -2.03. The standard InChI is InChI=1S/C9H12O3S/c10-13(11)8-4-7-12-9-5-2-1-3-6-9/h1-3,5-6,13H,4,7-8H2. The molecule has 1 aromatic carbocycles. The maximum Gasteiger partial charge on any atom is 0.140 e. The molecule has 1 rings (SSSR count). The molecule has 0 bridgehead atoms. The van der Waals surface area contributed by atoms with Gasteiger partial charge in [-0.3, -0.25) is 0 Å². The summed E-state index contributed by atoms with van der Waals surface area (Å²) in [7, 11) is -2.26. The fourth-order valence-corrected chi connectivity index (χ4v) is 1.29. The van der Waals surface area contributed by atoms with Gasteiger partial charge in [-0.05, 0) is 18.6 Å². The molecule has 0 aliphatic heterocycles. The van der Waals surface area contributed by atoms with Crippen LogP contribution >= 0.6 is 0 Å². The van der Waals surface area contributed by atoms with Gasteiger partial charge in [0.15, 0.2) is 0 Å². The topological polar surface area (TPSA) is 43.4 Å². The number of hydrogen-bond donors (Lipinski definition) is 1. The van der Waals surface area contributed by atoms with Crippen LogP contribution < -0.4 is 4.74 Å². The van der Waals surface area contributed by atoms with Crippen LogP contribution in [0.25, 0.3) is 0 Å². The minimum absolute atomic E-state index is 0.197. The molecule has 0 spiro atoms. The van der Waals surface area contributed by atoms with Crippen molar-refractivity contribution in [1.29, 1.82) is 0 Å². The molecule has 0 unspecified atom stereocenters. The van der Waals surface area contributed by atoms with E-state index < -0.39 is 10.7 Å². The highest BCUT2D eigenvalue weighted by atomic mass is 32.2. The first kappa shape index (κ1) is 10.1. The van der Waals surface area contributed by atoms with Crippen LogP contribution in [-0.4, -0.2) is 20.8 Å². The maximum absolute atomic E-state index is 10.2. The van der Waals surface area contributed by atoms with E-state index >= 15 is 0 Å². The predicted molar refractivity (Wildman–Crippen MR) is 51.7 cm³/mol. The summed E-state index contributed by atoms with van der Waals surface area (Å²) in [4.78, 5) is 0. The molecular formula is C9H12O3S. The average Bonchev–Trinajstić information content (AvgIpc) is 2.14. The molecule has 0 atom stereocenters. The maximum atomic E-state index is 10.2. The number of hydrogen-bond acceptors (Lipinski definition) is 3. The van der Waals surface area contributed by atoms with Crippen LogP contribution in [-0.2, 0) is 10.7 Å². The highest BCUT2D eigenvalue weighted by Gasteiger charge is 1.92. The second-order valence-corrected chi connectivity index (χ2v) is 3.68. The first-order valence-corrected chi connectivity index (χ1v) is 5.45. The summed E-state index contributed by atoms with van der Waals surface area (Å²) in [6.45, 7) is 0.452. The summed E-state index contributed by atoms with van der Waals surface area (Å²) >= 11 is 0. The van der Waals surface area contributed by atoms with E-state index in [1.54, 1.807) is 0 Å². The summed E-state index contributed by atoms with van der Waals surface area (Å²) in [5.74, 6) is 0.978. The van der Waals surface area contributed by atoms with E-state index in [0.717, 1.165) is 5.75 Å². The monoisotopic (exact) mass is 200 g/mol. The first-order chi connectivity index (χ1) is 6.29. The van der Waals surface area contributed by atoms with Gasteiger partial charge >= 0.3 is 0 Å². The molecule has 0 aromatic heterocycles. The van der Waals surface area contributed by atoms with Gasteiger partial charge in [0.1, 0.15) is 16.5 Å². The van der Waals surface area contributed by atoms with Crippen molar-refractivity contribution in [2.75, 3.05) is 12.4 Å². The predicted octanol–water partition coefficient (Wildman–Crippen LogP) is 1.07. The van der Waals surface area contributed by atoms with E-state index in [4.69, 9.17) is 4.74 Å². The molecule has 13 heavy (non-hydrogen) atoms. The lowest BCUT2D eigenvalue weighted by Crippen LogP contribution is -2.00. The molecule has 1 aromatic rings. The van der Waals surface area contributed by atoms with Crippen LogP contribution in [0, 0.1) is 0 Å². The number of thiol groups is 1. The number of ether oxygens (including phenoxy) is 1. The molecule has 0 saturated carbocycles.